The minimum absolute atomic E-state index is 0.0239. The molecular formula is C39H48N4O11. The average molecular weight is 749 g/mol. The molecule has 6 rings (SSSR count). The van der Waals surface area contributed by atoms with E-state index in [0.717, 1.165) is 11.1 Å². The summed E-state index contributed by atoms with van der Waals surface area (Å²) in [4.78, 5) is 73.4. The van der Waals surface area contributed by atoms with Crippen LogP contribution in [0.5, 0.6) is 0 Å². The predicted octanol–water partition coefficient (Wildman–Crippen LogP) is 1.86. The molecule has 0 spiro atoms. The molecule has 54 heavy (non-hydrogen) atoms. The summed E-state index contributed by atoms with van der Waals surface area (Å²) in [7, 11) is 3.35. The summed E-state index contributed by atoms with van der Waals surface area (Å²) in [6.45, 7) is 5.11. The van der Waals surface area contributed by atoms with Crippen molar-refractivity contribution in [2.45, 2.75) is 95.2 Å². The molecule has 7 atom stereocenters. The zero-order valence-electron chi connectivity index (χ0n) is 31.1. The van der Waals surface area contributed by atoms with Gasteiger partial charge in [0.2, 0.25) is 11.8 Å². The van der Waals surface area contributed by atoms with E-state index in [0.29, 0.717) is 11.1 Å². The number of nitrogens with zero attached hydrogens (tertiary/aromatic N) is 2. The summed E-state index contributed by atoms with van der Waals surface area (Å²) in [6.07, 6.45) is 0.795. The van der Waals surface area contributed by atoms with Gasteiger partial charge in [-0.15, -0.1) is 0 Å². The van der Waals surface area contributed by atoms with Crippen LogP contribution in [0.2, 0.25) is 0 Å². The first-order chi connectivity index (χ1) is 25.7. The highest BCUT2D eigenvalue weighted by molar-refractivity contribution is 5.95. The Labute approximate surface area is 313 Å². The zero-order valence-corrected chi connectivity index (χ0v) is 31.1. The van der Waals surface area contributed by atoms with Crippen molar-refractivity contribution in [1.29, 1.82) is 0 Å². The number of nitrogens with one attached hydrogen (secondary N) is 2. The maximum absolute atomic E-state index is 14.4. The number of likely N-dealkylation sites (N-methyl/N-ethyl adjacent to an activating group) is 1. The van der Waals surface area contributed by atoms with Crippen LogP contribution in [0.4, 0.5) is 0 Å². The Morgan fingerprint density at radius 1 is 1.07 bits per heavy atom. The highest BCUT2D eigenvalue weighted by Crippen LogP contribution is 2.55. The van der Waals surface area contributed by atoms with Gasteiger partial charge in [0.1, 0.15) is 42.2 Å². The van der Waals surface area contributed by atoms with Gasteiger partial charge in [-0.25, -0.2) is 0 Å². The highest BCUT2D eigenvalue weighted by Gasteiger charge is 2.74. The van der Waals surface area contributed by atoms with Crippen molar-refractivity contribution < 1.29 is 52.9 Å². The molecule has 3 N–H and O–H groups in total. The molecule has 15 nitrogen and oxygen atoms in total. The van der Waals surface area contributed by atoms with Crippen LogP contribution in [0.25, 0.3) is 6.08 Å². The number of benzene rings is 2. The summed E-state index contributed by atoms with van der Waals surface area (Å²) in [5.74, 6) is -2.03. The monoisotopic (exact) mass is 748 g/mol. The summed E-state index contributed by atoms with van der Waals surface area (Å²) in [6, 6.07) is 12.4. The molecule has 0 aromatic heterocycles. The first-order valence-corrected chi connectivity index (χ1v) is 18.0. The number of hydrogen-bond acceptors (Lipinski definition) is 12. The lowest BCUT2D eigenvalue weighted by Gasteiger charge is -2.48. The van der Waals surface area contributed by atoms with Gasteiger partial charge in [-0.3, -0.25) is 28.8 Å². The smallest absolute Gasteiger partial charge is 0.327 e. The first-order valence-electron chi connectivity index (χ1n) is 18.0. The second-order valence-corrected chi connectivity index (χ2v) is 15.3. The number of carbonyl (C=O) groups excluding carboxylic acids is 5. The molecule has 3 saturated heterocycles. The zero-order chi connectivity index (χ0) is 38.8. The van der Waals surface area contributed by atoms with E-state index in [1.165, 1.54) is 16.0 Å². The second kappa shape index (κ2) is 16.0. The Balaban J connectivity index is 1.15. The molecule has 2 aromatic carbocycles. The van der Waals surface area contributed by atoms with Crippen LogP contribution in [0, 0.1) is 5.41 Å². The third kappa shape index (κ3) is 8.35. The molecule has 3 heterocycles. The third-order valence-electron chi connectivity index (χ3n) is 9.99. The minimum Gasteiger partial charge on any atom is -0.460 e. The lowest BCUT2D eigenvalue weighted by Crippen LogP contribution is -2.69. The van der Waals surface area contributed by atoms with Gasteiger partial charge in [-0.05, 0) is 62.1 Å². The highest BCUT2D eigenvalue weighted by atomic mass is 16.8. The number of aliphatic hydroxyl groups is 1. The summed E-state index contributed by atoms with van der Waals surface area (Å²) >= 11 is 0. The van der Waals surface area contributed by atoms with Crippen molar-refractivity contribution in [2.75, 3.05) is 27.5 Å². The van der Waals surface area contributed by atoms with E-state index in [1.54, 1.807) is 65.2 Å². The molecule has 4 fully saturated rings. The normalized spacial score (nSPS) is 26.5. The fraction of sp³-hybridized carbons (Fsp3) is 0.513. The van der Waals surface area contributed by atoms with E-state index in [2.05, 4.69) is 10.6 Å². The van der Waals surface area contributed by atoms with Crippen LogP contribution < -0.4 is 10.6 Å². The maximum atomic E-state index is 14.4. The largest absolute Gasteiger partial charge is 0.460 e. The van der Waals surface area contributed by atoms with E-state index in [-0.39, 0.29) is 51.7 Å². The van der Waals surface area contributed by atoms with E-state index in [9.17, 15) is 29.1 Å². The van der Waals surface area contributed by atoms with Crippen molar-refractivity contribution >= 4 is 35.7 Å². The molecule has 3 aliphatic heterocycles. The standard InChI is InChI=1S/C39H48N4O11/c1-38(2,3)53-30(46)16-14-27(21-44)41-35(47)26-8-6-7-25(17-26)19-40-37(49)39-18-28-31-32(51-22-50-31)34(39)54-43(33(39)36(48)52-28)20-24-11-9-23(10-12-24)13-15-29(45)42(4)5/h6-13,15,17,27-28,31-34,44H,14,16,18-22H2,1-5H3,(H,40,49)(H,41,47)/t27-,28-,31-,32-,33-,34+,39-/m0/s1. The van der Waals surface area contributed by atoms with Crippen molar-refractivity contribution in [2.24, 2.45) is 5.41 Å². The van der Waals surface area contributed by atoms with Gasteiger partial charge in [-0.2, -0.15) is 5.06 Å². The van der Waals surface area contributed by atoms with Gasteiger partial charge in [0, 0.05) is 45.1 Å². The minimum atomic E-state index is -1.36. The second-order valence-electron chi connectivity index (χ2n) is 15.3. The van der Waals surface area contributed by atoms with E-state index < -0.39 is 71.3 Å². The Hall–Kier alpha value is -4.67. The molecule has 1 saturated carbocycles. The number of amides is 3. The molecule has 0 radical (unpaired) electrons. The van der Waals surface area contributed by atoms with Crippen LogP contribution in [0.15, 0.2) is 54.6 Å². The third-order valence-corrected chi connectivity index (χ3v) is 9.99. The van der Waals surface area contributed by atoms with Gasteiger partial charge in [0.15, 0.2) is 6.04 Å². The SMILES string of the molecule is CN(C)C(=O)C=Cc1ccc(CN2O[C@@H]3[C@H]4OCO[C@H]4[C@@H]4C[C@]3(C(=O)NCc3cccc(C(=O)N[C@H](CO)CCC(=O)OC(C)(C)C)c3)[C@@H]2C(=O)O4)cc1. The van der Waals surface area contributed by atoms with Gasteiger partial charge in [0.25, 0.3) is 5.91 Å². The number of rotatable bonds is 13. The lowest BCUT2D eigenvalue weighted by atomic mass is 9.62. The number of carbonyl (C=O) groups is 5. The van der Waals surface area contributed by atoms with Crippen LogP contribution in [-0.4, -0.2) is 114 Å². The maximum Gasteiger partial charge on any atom is 0.327 e. The van der Waals surface area contributed by atoms with Crippen molar-refractivity contribution in [3.8, 4) is 0 Å². The number of hydrogen-bond donors (Lipinski definition) is 3. The number of hydroxylamine groups is 2. The molecule has 1 aliphatic carbocycles. The molecule has 290 valence electrons. The summed E-state index contributed by atoms with van der Waals surface area (Å²) in [5.41, 5.74) is 0.540. The molecule has 0 unspecified atom stereocenters. The topological polar surface area (TPSA) is 182 Å². The van der Waals surface area contributed by atoms with Crippen LogP contribution in [0.3, 0.4) is 0 Å². The quantitative estimate of drug-likeness (QED) is 0.200. The first kappa shape index (κ1) is 39.0. The lowest BCUT2D eigenvalue weighted by molar-refractivity contribution is -0.201. The fourth-order valence-electron chi connectivity index (χ4n) is 7.40. The van der Waals surface area contributed by atoms with E-state index >= 15 is 0 Å². The molecule has 2 bridgehead atoms. The molecule has 3 amide bonds. The van der Waals surface area contributed by atoms with Crippen molar-refractivity contribution in [3.63, 3.8) is 0 Å². The molecule has 15 heteroatoms. The Morgan fingerprint density at radius 3 is 2.52 bits per heavy atom. The molecule has 4 aliphatic rings. The van der Waals surface area contributed by atoms with Gasteiger partial charge in [-0.1, -0.05) is 36.4 Å². The van der Waals surface area contributed by atoms with Gasteiger partial charge < -0.3 is 39.6 Å². The molecule has 2 aromatic rings. The van der Waals surface area contributed by atoms with Crippen molar-refractivity contribution in [1.82, 2.24) is 20.6 Å². The number of ether oxygens (including phenoxy) is 4. The fourth-order valence-corrected chi connectivity index (χ4v) is 7.40. The Morgan fingerprint density at radius 2 is 1.81 bits per heavy atom. The van der Waals surface area contributed by atoms with E-state index in [4.69, 9.17) is 23.8 Å². The van der Waals surface area contributed by atoms with E-state index in [1.807, 2.05) is 24.3 Å². The van der Waals surface area contributed by atoms with Crippen molar-refractivity contribution in [3.05, 3.63) is 76.9 Å². The average Bonchev–Trinajstić information content (AvgIpc) is 3.76. The van der Waals surface area contributed by atoms with Crippen LogP contribution >= 0.6 is 0 Å². The predicted molar refractivity (Wildman–Crippen MR) is 192 cm³/mol. The Bertz CT molecular complexity index is 1770. The van der Waals surface area contributed by atoms with Crippen LogP contribution in [-0.2, 0) is 56.1 Å². The summed E-state index contributed by atoms with van der Waals surface area (Å²) < 4.78 is 22.9. The van der Waals surface area contributed by atoms with Crippen LogP contribution in [0.1, 0.15) is 67.1 Å². The number of aliphatic hydroxyl groups excluding tert-OH is 1. The summed E-state index contributed by atoms with van der Waals surface area (Å²) in [5, 5.41) is 17.1. The van der Waals surface area contributed by atoms with Gasteiger partial charge >= 0.3 is 11.9 Å². The Kier molecular flexibility index (Phi) is 11.5. The molecular weight excluding hydrogens is 700 g/mol. The number of esters is 2. The number of fused-ring (bicyclic) bond motifs is 4. The van der Waals surface area contributed by atoms with Gasteiger partial charge in [0.05, 0.1) is 19.2 Å².